The number of aliphatic hydroxyl groups excluding tert-OH is 1. The summed E-state index contributed by atoms with van der Waals surface area (Å²) in [6.07, 6.45) is 5.64. The molecule has 51 heavy (non-hydrogen) atoms. The van der Waals surface area contributed by atoms with Crippen molar-refractivity contribution in [2.45, 2.75) is 160 Å². The number of methoxy groups -OCH3 is 1. The minimum atomic E-state index is -1.69. The van der Waals surface area contributed by atoms with Gasteiger partial charge in [-0.1, -0.05) is 44.9 Å². The van der Waals surface area contributed by atoms with Crippen molar-refractivity contribution in [2.75, 3.05) is 26.7 Å². The molecule has 0 aliphatic heterocycles. The van der Waals surface area contributed by atoms with Crippen LogP contribution in [-0.2, 0) is 33.4 Å². The molecular weight excluding hydrogens is 664 g/mol. The lowest BCUT2D eigenvalue weighted by atomic mass is 9.84. The Balaban J connectivity index is 2.31. The molecule has 3 atom stereocenters. The Morgan fingerprint density at radius 2 is 1.41 bits per heavy atom. The van der Waals surface area contributed by atoms with Crippen molar-refractivity contribution in [1.29, 1.82) is 0 Å². The van der Waals surface area contributed by atoms with Crippen LogP contribution in [0.5, 0.6) is 0 Å². The molecule has 4 amide bonds. The Bertz CT molecular complexity index is 1170. The molecule has 2 rings (SSSR count). The highest BCUT2D eigenvalue weighted by atomic mass is 16.6. The van der Waals surface area contributed by atoms with Gasteiger partial charge in [-0.2, -0.15) is 0 Å². The van der Waals surface area contributed by atoms with E-state index in [0.717, 1.165) is 57.0 Å². The van der Waals surface area contributed by atoms with Gasteiger partial charge in [0.05, 0.1) is 19.7 Å². The molecule has 2 aliphatic rings. The van der Waals surface area contributed by atoms with Gasteiger partial charge in [0.2, 0.25) is 11.8 Å². The van der Waals surface area contributed by atoms with Gasteiger partial charge in [-0.25, -0.2) is 14.4 Å². The van der Waals surface area contributed by atoms with Crippen molar-refractivity contribution >= 4 is 35.9 Å². The van der Waals surface area contributed by atoms with Crippen LogP contribution in [0.1, 0.15) is 125 Å². The van der Waals surface area contributed by atoms with Crippen molar-refractivity contribution in [3.8, 4) is 0 Å². The van der Waals surface area contributed by atoms with Gasteiger partial charge in [0.1, 0.15) is 23.8 Å². The summed E-state index contributed by atoms with van der Waals surface area (Å²) in [5.41, 5.74) is -1.60. The van der Waals surface area contributed by atoms with Crippen LogP contribution >= 0.6 is 0 Å². The quantitative estimate of drug-likeness (QED) is 0.0954. The number of carboxylic acid groups (broad SMARTS) is 1. The normalized spacial score (nSPS) is 17.4. The number of hydrogen-bond acceptors (Lipinski definition) is 10. The number of ether oxygens (including phenoxy) is 3. The third-order valence-corrected chi connectivity index (χ3v) is 9.02. The monoisotopic (exact) mass is 726 g/mol. The molecule has 4 N–H and O–H groups in total. The average molecular weight is 727 g/mol. The average Bonchev–Trinajstić information content (AvgIpc) is 3.57. The number of nitrogens with zero attached hydrogens (tertiary/aromatic N) is 2. The second-order valence-electron chi connectivity index (χ2n) is 15.7. The number of hydrogen-bond donors (Lipinski definition) is 4. The van der Waals surface area contributed by atoms with E-state index in [-0.39, 0.29) is 31.3 Å². The highest BCUT2D eigenvalue weighted by molar-refractivity contribution is 5.91. The summed E-state index contributed by atoms with van der Waals surface area (Å²) in [6, 6.07) is -2.57. The highest BCUT2D eigenvalue weighted by Gasteiger charge is 2.41. The molecule has 2 fully saturated rings. The van der Waals surface area contributed by atoms with Crippen molar-refractivity contribution in [2.24, 2.45) is 5.92 Å². The molecule has 15 heteroatoms. The number of unbranched alkanes of at least 4 members (excludes halogenated alkanes) is 1. The predicted molar refractivity (Wildman–Crippen MR) is 188 cm³/mol. The lowest BCUT2D eigenvalue weighted by Crippen LogP contribution is -2.58. The minimum Gasteiger partial charge on any atom is -0.480 e. The van der Waals surface area contributed by atoms with Crippen molar-refractivity contribution in [3.63, 3.8) is 0 Å². The van der Waals surface area contributed by atoms with Gasteiger partial charge >= 0.3 is 24.1 Å². The Morgan fingerprint density at radius 3 is 1.96 bits per heavy atom. The standard InChI is InChI=1S/C36H62N4O11/c1-35(2,3)50-33(47)37-20-14-13-19-26(30(44)32(46)49-7)38-28(41)22-39(25-17-11-12-18-25)31(45)27(21-24-15-9-8-10-16-24)40(23-29(42)43)34(48)51-36(4,5)6/h24-27,30,44H,8-23H2,1-7H3,(H,37,47)(H,38,41)(H,42,43)/t26-,27+,30?/m0/s1. The summed E-state index contributed by atoms with van der Waals surface area (Å²) in [5, 5.41) is 25.9. The molecule has 0 aromatic heterocycles. The molecule has 1 unspecified atom stereocenters. The summed E-state index contributed by atoms with van der Waals surface area (Å²) in [4.78, 5) is 80.6. The first-order chi connectivity index (χ1) is 23.8. The van der Waals surface area contributed by atoms with E-state index >= 15 is 0 Å². The van der Waals surface area contributed by atoms with Crippen molar-refractivity contribution < 1.29 is 53.2 Å². The second-order valence-corrected chi connectivity index (χ2v) is 15.7. The Hall–Kier alpha value is -3.62. The van der Waals surface area contributed by atoms with E-state index in [9.17, 15) is 39.0 Å². The summed E-state index contributed by atoms with van der Waals surface area (Å²) in [5.74, 6) is -3.32. The van der Waals surface area contributed by atoms with Gasteiger partial charge in [0.25, 0.3) is 0 Å². The number of carboxylic acids is 1. The van der Waals surface area contributed by atoms with E-state index in [4.69, 9.17) is 14.2 Å². The van der Waals surface area contributed by atoms with Crippen LogP contribution in [0, 0.1) is 5.92 Å². The fraction of sp³-hybridized carbons (Fsp3) is 0.833. The number of amides is 4. The highest BCUT2D eigenvalue weighted by Crippen LogP contribution is 2.32. The molecule has 0 spiro atoms. The maximum atomic E-state index is 14.6. The van der Waals surface area contributed by atoms with Gasteiger partial charge in [0.15, 0.2) is 6.10 Å². The third-order valence-electron chi connectivity index (χ3n) is 9.02. The molecule has 0 saturated heterocycles. The SMILES string of the molecule is COC(=O)C(O)[C@H](CCCCNC(=O)OC(C)(C)C)NC(=O)CN(C(=O)[C@@H](CC1CCCCC1)N(CC(=O)O)C(=O)OC(C)(C)C)C1CCCC1. The summed E-state index contributed by atoms with van der Waals surface area (Å²) in [7, 11) is 1.12. The fourth-order valence-electron chi connectivity index (χ4n) is 6.66. The Kier molecular flexibility index (Phi) is 17.4. The number of carbonyl (C=O) groups is 6. The molecule has 292 valence electrons. The maximum Gasteiger partial charge on any atom is 0.411 e. The minimum absolute atomic E-state index is 0.0788. The van der Waals surface area contributed by atoms with Gasteiger partial charge in [-0.15, -0.1) is 0 Å². The fourth-order valence-corrected chi connectivity index (χ4v) is 6.66. The first kappa shape index (κ1) is 43.5. The number of nitrogens with one attached hydrogen (secondary N) is 2. The third kappa shape index (κ3) is 16.1. The number of aliphatic carboxylic acids is 1. The largest absolute Gasteiger partial charge is 0.480 e. The smallest absolute Gasteiger partial charge is 0.411 e. The summed E-state index contributed by atoms with van der Waals surface area (Å²) < 4.78 is 15.5. The zero-order valence-corrected chi connectivity index (χ0v) is 31.7. The lowest BCUT2D eigenvalue weighted by molar-refractivity contribution is -0.153. The molecule has 2 saturated carbocycles. The Morgan fingerprint density at radius 1 is 0.824 bits per heavy atom. The first-order valence-corrected chi connectivity index (χ1v) is 18.3. The first-order valence-electron chi connectivity index (χ1n) is 18.3. The van der Waals surface area contributed by atoms with Crippen molar-refractivity contribution in [3.05, 3.63) is 0 Å². The maximum absolute atomic E-state index is 14.6. The van der Waals surface area contributed by atoms with Crippen LogP contribution in [-0.4, -0.2) is 118 Å². The number of rotatable bonds is 17. The molecule has 0 aromatic rings. The second kappa shape index (κ2) is 20.4. The molecular formula is C36H62N4O11. The van der Waals surface area contributed by atoms with Gasteiger partial charge in [0, 0.05) is 12.6 Å². The molecule has 0 bridgehead atoms. The summed E-state index contributed by atoms with van der Waals surface area (Å²) in [6.45, 7) is 9.32. The van der Waals surface area contributed by atoms with E-state index in [2.05, 4.69) is 10.6 Å². The van der Waals surface area contributed by atoms with E-state index in [1.807, 2.05) is 0 Å². The van der Waals surface area contributed by atoms with Crippen LogP contribution in [0.3, 0.4) is 0 Å². The lowest BCUT2D eigenvalue weighted by Gasteiger charge is -2.39. The van der Waals surface area contributed by atoms with Crippen LogP contribution in [0.15, 0.2) is 0 Å². The van der Waals surface area contributed by atoms with Gasteiger partial charge in [-0.3, -0.25) is 19.3 Å². The predicted octanol–water partition coefficient (Wildman–Crippen LogP) is 4.13. The zero-order chi connectivity index (χ0) is 38.4. The number of alkyl carbamates (subject to hydrolysis) is 1. The molecule has 0 radical (unpaired) electrons. The van der Waals surface area contributed by atoms with Crippen LogP contribution < -0.4 is 10.6 Å². The number of esters is 1. The molecule has 2 aliphatic carbocycles. The van der Waals surface area contributed by atoms with Crippen LogP contribution in [0.2, 0.25) is 0 Å². The Labute approximate surface area is 302 Å². The number of carbonyl (C=O) groups excluding carboxylic acids is 5. The molecule has 0 aromatic carbocycles. The van der Waals surface area contributed by atoms with E-state index in [0.29, 0.717) is 25.7 Å². The van der Waals surface area contributed by atoms with E-state index < -0.39 is 78.4 Å². The molecule has 0 heterocycles. The van der Waals surface area contributed by atoms with Crippen LogP contribution in [0.25, 0.3) is 0 Å². The number of aliphatic hydroxyl groups is 1. The van der Waals surface area contributed by atoms with Gasteiger partial charge in [-0.05, 0) is 86.0 Å². The van der Waals surface area contributed by atoms with Crippen molar-refractivity contribution in [1.82, 2.24) is 20.4 Å². The molecule has 15 nitrogen and oxygen atoms in total. The van der Waals surface area contributed by atoms with E-state index in [1.165, 1.54) is 4.90 Å². The van der Waals surface area contributed by atoms with Gasteiger partial charge < -0.3 is 40.0 Å². The van der Waals surface area contributed by atoms with E-state index in [1.54, 1.807) is 41.5 Å². The van der Waals surface area contributed by atoms with Crippen LogP contribution in [0.4, 0.5) is 9.59 Å². The zero-order valence-electron chi connectivity index (χ0n) is 31.7. The topological polar surface area (TPSA) is 201 Å². The summed E-state index contributed by atoms with van der Waals surface area (Å²) >= 11 is 0.